The van der Waals surface area contributed by atoms with Gasteiger partial charge in [0.25, 0.3) is 0 Å². The lowest BCUT2D eigenvalue weighted by molar-refractivity contribution is 0.0600. The topological polar surface area (TPSA) is 48.7 Å². The summed E-state index contributed by atoms with van der Waals surface area (Å²) in [5, 5.41) is 0.649. The maximum absolute atomic E-state index is 13.2. The molecule has 3 rings (SSSR count). The normalized spacial score (nSPS) is 10.8. The molecular weight excluding hydrogens is 311 g/mol. The number of esters is 1. The maximum atomic E-state index is 13.2. The molecule has 3 aromatic rings. The highest BCUT2D eigenvalue weighted by atomic mass is 19.1. The van der Waals surface area contributed by atoms with Gasteiger partial charge in [0.2, 0.25) is 0 Å². The minimum Gasteiger partial charge on any atom is -0.489 e. The highest BCUT2D eigenvalue weighted by Crippen LogP contribution is 2.30. The number of carbonyl (C=O) groups is 1. The molecular formula is C19H17FO4. The van der Waals surface area contributed by atoms with E-state index in [9.17, 15) is 9.18 Å². The molecule has 0 saturated carbocycles. The smallest absolute Gasteiger partial charge is 0.342 e. The first-order valence-electron chi connectivity index (χ1n) is 7.63. The number of halogens is 1. The van der Waals surface area contributed by atoms with Crippen molar-refractivity contribution < 1.29 is 23.1 Å². The SMILES string of the molecule is CCc1oc2ccc(OCc3cccc(F)c3)cc2c1C(=O)OC. The fourth-order valence-electron chi connectivity index (χ4n) is 2.59. The quantitative estimate of drug-likeness (QED) is 0.647. The monoisotopic (exact) mass is 328 g/mol. The van der Waals surface area contributed by atoms with Crippen molar-refractivity contribution in [1.82, 2.24) is 0 Å². The molecule has 0 saturated heterocycles. The number of benzene rings is 2. The highest BCUT2D eigenvalue weighted by Gasteiger charge is 2.20. The molecule has 1 aromatic heterocycles. The van der Waals surface area contributed by atoms with Crippen molar-refractivity contribution in [2.24, 2.45) is 0 Å². The summed E-state index contributed by atoms with van der Waals surface area (Å²) >= 11 is 0. The van der Waals surface area contributed by atoms with Gasteiger partial charge in [-0.3, -0.25) is 0 Å². The molecule has 5 heteroatoms. The van der Waals surface area contributed by atoms with Gasteiger partial charge in [-0.15, -0.1) is 0 Å². The molecule has 24 heavy (non-hydrogen) atoms. The van der Waals surface area contributed by atoms with Crippen molar-refractivity contribution in [2.45, 2.75) is 20.0 Å². The summed E-state index contributed by atoms with van der Waals surface area (Å²) in [6.07, 6.45) is 0.582. The number of aryl methyl sites for hydroxylation is 1. The average molecular weight is 328 g/mol. The molecule has 0 spiro atoms. The number of fused-ring (bicyclic) bond motifs is 1. The van der Waals surface area contributed by atoms with Crippen LogP contribution in [0.4, 0.5) is 4.39 Å². The first-order chi connectivity index (χ1) is 11.6. The van der Waals surface area contributed by atoms with Crippen molar-refractivity contribution in [3.63, 3.8) is 0 Å². The van der Waals surface area contributed by atoms with Crippen LogP contribution in [-0.4, -0.2) is 13.1 Å². The lowest BCUT2D eigenvalue weighted by Crippen LogP contribution is -2.03. The van der Waals surface area contributed by atoms with Crippen molar-refractivity contribution in [3.8, 4) is 5.75 Å². The van der Waals surface area contributed by atoms with E-state index in [0.29, 0.717) is 34.5 Å². The average Bonchev–Trinajstić information content (AvgIpc) is 2.97. The Morgan fingerprint density at radius 1 is 1.21 bits per heavy atom. The number of carbonyl (C=O) groups excluding carboxylic acids is 1. The summed E-state index contributed by atoms with van der Waals surface area (Å²) in [6.45, 7) is 2.14. The number of furan rings is 1. The Kier molecular flexibility index (Phi) is 4.51. The second kappa shape index (κ2) is 6.74. The van der Waals surface area contributed by atoms with Crippen LogP contribution in [0.2, 0.25) is 0 Å². The van der Waals surface area contributed by atoms with Gasteiger partial charge in [-0.1, -0.05) is 19.1 Å². The van der Waals surface area contributed by atoms with E-state index in [2.05, 4.69) is 0 Å². The number of rotatable bonds is 5. The van der Waals surface area contributed by atoms with Crippen LogP contribution < -0.4 is 4.74 Å². The van der Waals surface area contributed by atoms with E-state index in [4.69, 9.17) is 13.9 Å². The lowest BCUT2D eigenvalue weighted by Gasteiger charge is -2.06. The minimum atomic E-state index is -0.437. The number of ether oxygens (including phenoxy) is 2. The number of hydrogen-bond donors (Lipinski definition) is 0. The third-order valence-electron chi connectivity index (χ3n) is 3.74. The van der Waals surface area contributed by atoms with Crippen LogP contribution in [0.25, 0.3) is 11.0 Å². The zero-order valence-electron chi connectivity index (χ0n) is 13.5. The molecule has 0 radical (unpaired) electrons. The van der Waals surface area contributed by atoms with E-state index >= 15 is 0 Å². The number of methoxy groups -OCH3 is 1. The van der Waals surface area contributed by atoms with Crippen LogP contribution in [0, 0.1) is 5.82 Å². The van der Waals surface area contributed by atoms with Crippen LogP contribution in [0.1, 0.15) is 28.6 Å². The molecule has 0 aliphatic carbocycles. The summed E-state index contributed by atoms with van der Waals surface area (Å²) in [4.78, 5) is 12.0. The summed E-state index contributed by atoms with van der Waals surface area (Å²) in [7, 11) is 1.34. The largest absolute Gasteiger partial charge is 0.489 e. The van der Waals surface area contributed by atoms with E-state index in [-0.39, 0.29) is 12.4 Å². The Labute approximate surface area is 138 Å². The Hall–Kier alpha value is -2.82. The van der Waals surface area contributed by atoms with E-state index < -0.39 is 5.97 Å². The van der Waals surface area contributed by atoms with Gasteiger partial charge in [0.15, 0.2) is 0 Å². The molecule has 4 nitrogen and oxygen atoms in total. The van der Waals surface area contributed by atoms with Crippen LogP contribution in [0.3, 0.4) is 0 Å². The Balaban J connectivity index is 1.91. The maximum Gasteiger partial charge on any atom is 0.342 e. The molecule has 0 amide bonds. The molecule has 0 fully saturated rings. The zero-order valence-corrected chi connectivity index (χ0v) is 13.5. The standard InChI is InChI=1S/C19H17FO4/c1-3-16-18(19(21)22-2)15-10-14(7-8-17(15)24-16)23-11-12-5-4-6-13(20)9-12/h4-10H,3,11H2,1-2H3. The third-order valence-corrected chi connectivity index (χ3v) is 3.74. The van der Waals surface area contributed by atoms with E-state index in [0.717, 1.165) is 5.56 Å². The van der Waals surface area contributed by atoms with Crippen molar-refractivity contribution in [1.29, 1.82) is 0 Å². The highest BCUT2D eigenvalue weighted by molar-refractivity contribution is 6.04. The summed E-state index contributed by atoms with van der Waals surface area (Å²) in [5.74, 6) is 0.411. The van der Waals surface area contributed by atoms with Gasteiger partial charge < -0.3 is 13.9 Å². The molecule has 124 valence electrons. The Morgan fingerprint density at radius 2 is 2.04 bits per heavy atom. The van der Waals surface area contributed by atoms with Gasteiger partial charge in [0.1, 0.15) is 35.1 Å². The second-order valence-electron chi connectivity index (χ2n) is 5.32. The predicted octanol–water partition coefficient (Wildman–Crippen LogP) is 4.50. The van der Waals surface area contributed by atoms with Crippen LogP contribution in [0.15, 0.2) is 46.9 Å². The van der Waals surface area contributed by atoms with E-state index in [1.807, 2.05) is 6.92 Å². The van der Waals surface area contributed by atoms with Gasteiger partial charge in [-0.05, 0) is 35.9 Å². The van der Waals surface area contributed by atoms with Crippen LogP contribution >= 0.6 is 0 Å². The van der Waals surface area contributed by atoms with E-state index in [1.165, 1.54) is 19.2 Å². The van der Waals surface area contributed by atoms with Gasteiger partial charge in [-0.25, -0.2) is 9.18 Å². The third kappa shape index (κ3) is 3.11. The molecule has 0 atom stereocenters. The number of hydrogen-bond acceptors (Lipinski definition) is 4. The summed E-state index contributed by atoms with van der Waals surface area (Å²) in [5.41, 5.74) is 1.75. The van der Waals surface area contributed by atoms with Gasteiger partial charge in [0, 0.05) is 11.8 Å². The van der Waals surface area contributed by atoms with Crippen molar-refractivity contribution >= 4 is 16.9 Å². The first kappa shape index (κ1) is 16.1. The van der Waals surface area contributed by atoms with Gasteiger partial charge >= 0.3 is 5.97 Å². The minimum absolute atomic E-state index is 0.231. The first-order valence-corrected chi connectivity index (χ1v) is 7.63. The van der Waals surface area contributed by atoms with Gasteiger partial charge in [-0.2, -0.15) is 0 Å². The van der Waals surface area contributed by atoms with Gasteiger partial charge in [0.05, 0.1) is 7.11 Å². The van der Waals surface area contributed by atoms with Crippen molar-refractivity contribution in [2.75, 3.05) is 7.11 Å². The van der Waals surface area contributed by atoms with Crippen molar-refractivity contribution in [3.05, 3.63) is 65.2 Å². The molecule has 1 heterocycles. The van der Waals surface area contributed by atoms with Crippen LogP contribution in [0.5, 0.6) is 5.75 Å². The Morgan fingerprint density at radius 3 is 2.75 bits per heavy atom. The second-order valence-corrected chi connectivity index (χ2v) is 5.32. The summed E-state index contributed by atoms with van der Waals surface area (Å²) < 4.78 is 29.5. The fourth-order valence-corrected chi connectivity index (χ4v) is 2.59. The van der Waals surface area contributed by atoms with Crippen LogP contribution in [-0.2, 0) is 17.8 Å². The lowest BCUT2D eigenvalue weighted by atomic mass is 10.1. The molecule has 0 aliphatic rings. The molecule has 2 aromatic carbocycles. The molecule has 0 unspecified atom stereocenters. The fraction of sp³-hybridized carbons (Fsp3) is 0.211. The molecule has 0 N–H and O–H groups in total. The predicted molar refractivity (Wildman–Crippen MR) is 87.7 cm³/mol. The molecule has 0 bridgehead atoms. The molecule has 0 aliphatic heterocycles. The van der Waals surface area contributed by atoms with E-state index in [1.54, 1.807) is 30.3 Å². The zero-order chi connectivity index (χ0) is 17.1. The Bertz CT molecular complexity index is 882. The summed E-state index contributed by atoms with van der Waals surface area (Å²) in [6, 6.07) is 11.5.